The minimum absolute atomic E-state index is 0.403. The number of rotatable bonds is 2. The van der Waals surface area contributed by atoms with Gasteiger partial charge in [0.2, 0.25) is 0 Å². The van der Waals surface area contributed by atoms with Gasteiger partial charge < -0.3 is 9.47 Å². The Labute approximate surface area is 131 Å². The molecule has 0 spiro atoms. The standard InChI is InChI=1S/C17H25NO4/c1-17(2,3)22-16(20)18-11-13(10-14(18)15(19)21-4)12-8-6-5-7-9-12/h8,10,14H,5-7,9,11H2,1-4H3/t14-/m0/s1. The first-order chi connectivity index (χ1) is 10.3. The van der Waals surface area contributed by atoms with E-state index in [1.165, 1.54) is 24.0 Å². The van der Waals surface area contributed by atoms with Crippen molar-refractivity contribution < 1.29 is 19.1 Å². The topological polar surface area (TPSA) is 55.8 Å². The minimum atomic E-state index is -0.697. The molecule has 22 heavy (non-hydrogen) atoms. The lowest BCUT2D eigenvalue weighted by Gasteiger charge is -2.27. The number of hydrogen-bond donors (Lipinski definition) is 0. The molecule has 0 fully saturated rings. The molecule has 0 aromatic carbocycles. The number of amides is 1. The Morgan fingerprint density at radius 2 is 1.95 bits per heavy atom. The first-order valence-corrected chi connectivity index (χ1v) is 7.79. The molecule has 0 saturated carbocycles. The molecule has 0 aromatic heterocycles. The average molecular weight is 307 g/mol. The molecule has 5 nitrogen and oxygen atoms in total. The molecule has 1 aliphatic carbocycles. The summed E-state index contributed by atoms with van der Waals surface area (Å²) in [5.41, 5.74) is 1.69. The molecule has 5 heteroatoms. The molecule has 0 N–H and O–H groups in total. The fraction of sp³-hybridized carbons (Fsp3) is 0.647. The van der Waals surface area contributed by atoms with Gasteiger partial charge in [-0.25, -0.2) is 9.59 Å². The summed E-state index contributed by atoms with van der Waals surface area (Å²) < 4.78 is 10.2. The second kappa shape index (κ2) is 6.55. The number of carbonyl (C=O) groups excluding carboxylic acids is 2. The molecule has 122 valence electrons. The lowest BCUT2D eigenvalue weighted by molar-refractivity contribution is -0.144. The normalized spacial score (nSPS) is 22.0. The lowest BCUT2D eigenvalue weighted by atomic mass is 9.94. The van der Waals surface area contributed by atoms with Crippen molar-refractivity contribution in [1.29, 1.82) is 0 Å². The molecule has 1 heterocycles. The summed E-state index contributed by atoms with van der Waals surface area (Å²) in [6, 6.07) is -0.697. The van der Waals surface area contributed by atoms with Gasteiger partial charge in [-0.15, -0.1) is 0 Å². The second-order valence-corrected chi connectivity index (χ2v) is 6.74. The Morgan fingerprint density at radius 3 is 2.50 bits per heavy atom. The first-order valence-electron chi connectivity index (χ1n) is 7.79. The molecular weight excluding hydrogens is 282 g/mol. The van der Waals surface area contributed by atoms with Gasteiger partial charge in [0, 0.05) is 0 Å². The van der Waals surface area contributed by atoms with E-state index in [1.54, 1.807) is 0 Å². The highest BCUT2D eigenvalue weighted by Gasteiger charge is 2.38. The zero-order valence-electron chi connectivity index (χ0n) is 13.8. The maximum absolute atomic E-state index is 12.4. The van der Waals surface area contributed by atoms with Crippen molar-refractivity contribution in [1.82, 2.24) is 4.90 Å². The van der Waals surface area contributed by atoms with Crippen molar-refractivity contribution in [3.63, 3.8) is 0 Å². The fourth-order valence-electron chi connectivity index (χ4n) is 2.77. The zero-order valence-corrected chi connectivity index (χ0v) is 13.8. The van der Waals surface area contributed by atoms with Crippen molar-refractivity contribution in [2.45, 2.75) is 58.1 Å². The van der Waals surface area contributed by atoms with E-state index in [4.69, 9.17) is 9.47 Å². The summed E-state index contributed by atoms with van der Waals surface area (Å²) in [5, 5.41) is 0. The lowest BCUT2D eigenvalue weighted by Crippen LogP contribution is -2.44. The maximum atomic E-state index is 12.4. The second-order valence-electron chi connectivity index (χ2n) is 6.74. The van der Waals surface area contributed by atoms with Gasteiger partial charge in [0.1, 0.15) is 5.60 Å². The monoisotopic (exact) mass is 307 g/mol. The van der Waals surface area contributed by atoms with Crippen molar-refractivity contribution in [2.75, 3.05) is 13.7 Å². The summed E-state index contributed by atoms with van der Waals surface area (Å²) in [6.07, 6.45) is 7.98. The van der Waals surface area contributed by atoms with Crippen LogP contribution >= 0.6 is 0 Å². The largest absolute Gasteiger partial charge is 0.467 e. The third-order valence-corrected chi connectivity index (χ3v) is 3.81. The van der Waals surface area contributed by atoms with E-state index in [0.717, 1.165) is 24.8 Å². The van der Waals surface area contributed by atoms with Gasteiger partial charge in [0.05, 0.1) is 13.7 Å². The van der Waals surface area contributed by atoms with E-state index in [1.807, 2.05) is 26.8 Å². The highest BCUT2D eigenvalue weighted by Crippen LogP contribution is 2.30. The third kappa shape index (κ3) is 3.90. The number of carbonyl (C=O) groups is 2. The predicted octanol–water partition coefficient (Wildman–Crippen LogP) is 3.21. The minimum Gasteiger partial charge on any atom is -0.467 e. The molecular formula is C17H25NO4. The molecule has 1 amide bonds. The fourth-order valence-corrected chi connectivity index (χ4v) is 2.77. The number of nitrogens with zero attached hydrogens (tertiary/aromatic N) is 1. The van der Waals surface area contributed by atoms with Crippen LogP contribution in [0, 0.1) is 0 Å². The molecule has 0 unspecified atom stereocenters. The van der Waals surface area contributed by atoms with Gasteiger partial charge in [-0.3, -0.25) is 4.90 Å². The van der Waals surface area contributed by atoms with Crippen LogP contribution in [0.15, 0.2) is 23.3 Å². The molecule has 2 rings (SSSR count). The van der Waals surface area contributed by atoms with Crippen molar-refractivity contribution in [2.24, 2.45) is 0 Å². The number of hydrogen-bond acceptors (Lipinski definition) is 4. The first kappa shape index (κ1) is 16.6. The SMILES string of the molecule is COC(=O)[C@@H]1C=C(C2=CCCCC2)CN1C(=O)OC(C)(C)C. The van der Waals surface area contributed by atoms with Gasteiger partial charge in [0.25, 0.3) is 0 Å². The molecule has 1 atom stereocenters. The Balaban J connectivity index is 2.18. The molecule has 0 saturated heterocycles. The van der Waals surface area contributed by atoms with Crippen molar-refractivity contribution >= 4 is 12.1 Å². The van der Waals surface area contributed by atoms with Gasteiger partial charge in [-0.2, -0.15) is 0 Å². The molecule has 2 aliphatic rings. The van der Waals surface area contributed by atoms with Gasteiger partial charge in [-0.1, -0.05) is 6.08 Å². The zero-order chi connectivity index (χ0) is 16.3. The van der Waals surface area contributed by atoms with Crippen LogP contribution in [-0.4, -0.2) is 42.3 Å². The third-order valence-electron chi connectivity index (χ3n) is 3.81. The van der Waals surface area contributed by atoms with Gasteiger partial charge in [-0.05, 0) is 63.7 Å². The van der Waals surface area contributed by atoms with Crippen LogP contribution in [-0.2, 0) is 14.3 Å². The summed E-state index contributed by atoms with van der Waals surface area (Å²) in [7, 11) is 1.33. The van der Waals surface area contributed by atoms with E-state index < -0.39 is 23.7 Å². The van der Waals surface area contributed by atoms with E-state index in [2.05, 4.69) is 6.08 Å². The number of allylic oxidation sites excluding steroid dienone is 1. The molecule has 0 aromatic rings. The van der Waals surface area contributed by atoms with E-state index >= 15 is 0 Å². The quantitative estimate of drug-likeness (QED) is 0.735. The van der Waals surface area contributed by atoms with Crippen molar-refractivity contribution in [3.05, 3.63) is 23.3 Å². The maximum Gasteiger partial charge on any atom is 0.411 e. The molecule has 0 bridgehead atoms. The predicted molar refractivity (Wildman–Crippen MR) is 83.4 cm³/mol. The summed E-state index contributed by atoms with van der Waals surface area (Å²) in [4.78, 5) is 25.8. The highest BCUT2D eigenvalue weighted by atomic mass is 16.6. The average Bonchev–Trinajstić information content (AvgIpc) is 2.91. The van der Waals surface area contributed by atoms with Crippen molar-refractivity contribution in [3.8, 4) is 0 Å². The number of methoxy groups -OCH3 is 1. The molecule has 0 radical (unpaired) electrons. The summed E-state index contributed by atoms with van der Waals surface area (Å²) >= 11 is 0. The Hall–Kier alpha value is -1.78. The Bertz CT molecular complexity index is 513. The molecule has 1 aliphatic heterocycles. The van der Waals surface area contributed by atoms with Crippen LogP contribution < -0.4 is 0 Å². The van der Waals surface area contributed by atoms with Crippen LogP contribution in [0.5, 0.6) is 0 Å². The van der Waals surface area contributed by atoms with Crippen LogP contribution in [0.25, 0.3) is 0 Å². The van der Waals surface area contributed by atoms with Crippen LogP contribution in [0.3, 0.4) is 0 Å². The highest BCUT2D eigenvalue weighted by molar-refractivity contribution is 5.85. The van der Waals surface area contributed by atoms with Crippen LogP contribution in [0.2, 0.25) is 0 Å². The smallest absolute Gasteiger partial charge is 0.411 e. The van der Waals surface area contributed by atoms with E-state index in [0.29, 0.717) is 6.54 Å². The van der Waals surface area contributed by atoms with Gasteiger partial charge >= 0.3 is 12.1 Å². The Kier molecular flexibility index (Phi) is 4.94. The van der Waals surface area contributed by atoms with Crippen LogP contribution in [0.4, 0.5) is 4.79 Å². The Morgan fingerprint density at radius 1 is 1.23 bits per heavy atom. The number of esters is 1. The van der Waals surface area contributed by atoms with E-state index in [9.17, 15) is 9.59 Å². The summed E-state index contributed by atoms with van der Waals surface area (Å²) in [6.45, 7) is 5.84. The van der Waals surface area contributed by atoms with Gasteiger partial charge in [0.15, 0.2) is 6.04 Å². The van der Waals surface area contributed by atoms with E-state index in [-0.39, 0.29) is 0 Å². The number of ether oxygens (including phenoxy) is 2. The summed E-state index contributed by atoms with van der Waals surface area (Å²) in [5.74, 6) is -0.433. The van der Waals surface area contributed by atoms with Crippen LogP contribution in [0.1, 0.15) is 46.5 Å².